The number of carbonyl (C=O) groups is 1. The molecule has 5 rings (SSSR count). The van der Waals surface area contributed by atoms with Crippen molar-refractivity contribution < 1.29 is 14.5 Å². The fraction of sp³-hybridized carbons (Fsp3) is 0.125. The minimum Gasteiger partial charge on any atom is -0.451 e. The predicted octanol–water partition coefficient (Wildman–Crippen LogP) is 6.35. The normalized spacial score (nSPS) is 12.1. The van der Waals surface area contributed by atoms with E-state index < -0.39 is 17.0 Å². The number of rotatable bonds is 7. The van der Waals surface area contributed by atoms with Gasteiger partial charge in [0.05, 0.1) is 35.9 Å². The van der Waals surface area contributed by atoms with Crippen molar-refractivity contribution >= 4 is 54.8 Å². The van der Waals surface area contributed by atoms with Crippen LogP contribution in [0.4, 0.5) is 5.69 Å². The van der Waals surface area contributed by atoms with Crippen LogP contribution in [0.15, 0.2) is 72.8 Å². The fourth-order valence-electron chi connectivity index (χ4n) is 3.46. The number of fused-ring (bicyclic) bond motifs is 2. The first kappa shape index (κ1) is 21.2. The summed E-state index contributed by atoms with van der Waals surface area (Å²) in [5.41, 5.74) is 1.99. The maximum absolute atomic E-state index is 12.8. The van der Waals surface area contributed by atoms with E-state index in [9.17, 15) is 14.9 Å². The number of hydrogen-bond donors (Lipinski definition) is 0. The minimum absolute atomic E-state index is 0.0786. The molecule has 0 N–H and O–H groups in total. The number of para-hydroxylation sites is 2. The van der Waals surface area contributed by atoms with Crippen molar-refractivity contribution in [3.8, 4) is 0 Å². The molecule has 9 heteroatoms. The summed E-state index contributed by atoms with van der Waals surface area (Å²) in [7, 11) is 0. The van der Waals surface area contributed by atoms with Gasteiger partial charge in [-0.3, -0.25) is 10.1 Å². The maximum Gasteiger partial charge on any atom is 0.338 e. The summed E-state index contributed by atoms with van der Waals surface area (Å²) < 4.78 is 8.00. The smallest absolute Gasteiger partial charge is 0.338 e. The van der Waals surface area contributed by atoms with Crippen molar-refractivity contribution in [2.24, 2.45) is 0 Å². The molecule has 0 spiro atoms. The summed E-state index contributed by atoms with van der Waals surface area (Å²) >= 11 is 3.12. The van der Waals surface area contributed by atoms with E-state index >= 15 is 0 Å². The quantitative estimate of drug-likeness (QED) is 0.155. The molecule has 7 nitrogen and oxygen atoms in total. The number of nitro benzene ring substituents is 1. The van der Waals surface area contributed by atoms with Crippen molar-refractivity contribution in [3.63, 3.8) is 0 Å². The number of nitrogens with zero attached hydrogens (tertiary/aromatic N) is 3. The monoisotopic (exact) mass is 475 g/mol. The summed E-state index contributed by atoms with van der Waals surface area (Å²) in [6, 6.07) is 21.2. The van der Waals surface area contributed by atoms with Crippen molar-refractivity contribution in [2.75, 3.05) is 0 Å². The van der Waals surface area contributed by atoms with E-state index in [1.165, 1.54) is 35.6 Å². The molecule has 0 saturated carbocycles. The third kappa shape index (κ3) is 4.59. The molecule has 0 aliphatic heterocycles. The van der Waals surface area contributed by atoms with Crippen LogP contribution in [-0.2, 0) is 11.2 Å². The van der Waals surface area contributed by atoms with Crippen LogP contribution in [-0.4, -0.2) is 20.9 Å². The SMILES string of the molecule is O=C(OC(CCc1nc2ccccc2s1)c1nc2ccccc2s1)c1ccc([N+](=O)[O-])cc1. The van der Waals surface area contributed by atoms with Gasteiger partial charge in [0.1, 0.15) is 5.01 Å². The predicted molar refractivity (Wildman–Crippen MR) is 129 cm³/mol. The zero-order valence-electron chi connectivity index (χ0n) is 17.2. The molecule has 1 atom stereocenters. The van der Waals surface area contributed by atoms with Gasteiger partial charge in [-0.25, -0.2) is 14.8 Å². The molecule has 0 saturated heterocycles. The minimum atomic E-state index is -0.558. The summed E-state index contributed by atoms with van der Waals surface area (Å²) in [4.78, 5) is 32.6. The zero-order chi connectivity index (χ0) is 22.8. The Balaban J connectivity index is 1.40. The Hall–Kier alpha value is -3.69. The van der Waals surface area contributed by atoms with Gasteiger partial charge in [-0.05, 0) is 42.8 Å². The number of thiazole rings is 2. The molecule has 164 valence electrons. The lowest BCUT2D eigenvalue weighted by Crippen LogP contribution is -2.12. The number of ether oxygens (including phenoxy) is 1. The zero-order valence-corrected chi connectivity index (χ0v) is 18.8. The van der Waals surface area contributed by atoms with E-state index in [0.29, 0.717) is 17.8 Å². The Labute approximate surface area is 196 Å². The largest absolute Gasteiger partial charge is 0.451 e. The van der Waals surface area contributed by atoms with Gasteiger partial charge in [0.2, 0.25) is 0 Å². The van der Waals surface area contributed by atoms with E-state index in [1.807, 2.05) is 48.5 Å². The molecule has 0 aliphatic rings. The lowest BCUT2D eigenvalue weighted by molar-refractivity contribution is -0.384. The van der Waals surface area contributed by atoms with Crippen LogP contribution in [0.3, 0.4) is 0 Å². The van der Waals surface area contributed by atoms with Crippen LogP contribution in [0.5, 0.6) is 0 Å². The number of aromatic nitrogens is 2. The van der Waals surface area contributed by atoms with Gasteiger partial charge >= 0.3 is 5.97 Å². The van der Waals surface area contributed by atoms with E-state index in [2.05, 4.69) is 9.97 Å². The van der Waals surface area contributed by atoms with Crippen molar-refractivity contribution in [1.82, 2.24) is 9.97 Å². The van der Waals surface area contributed by atoms with Crippen molar-refractivity contribution in [2.45, 2.75) is 18.9 Å². The molecular formula is C24H17N3O4S2. The molecule has 0 fully saturated rings. The molecule has 5 aromatic rings. The number of non-ortho nitro benzene ring substituents is 1. The molecule has 2 aromatic heterocycles. The Morgan fingerprint density at radius 2 is 1.55 bits per heavy atom. The molecule has 0 bridgehead atoms. The van der Waals surface area contributed by atoms with Crippen LogP contribution in [0.25, 0.3) is 20.4 Å². The van der Waals surface area contributed by atoms with E-state index in [4.69, 9.17) is 4.74 Å². The third-order valence-corrected chi connectivity index (χ3v) is 7.33. The van der Waals surface area contributed by atoms with Crippen LogP contribution in [0.1, 0.15) is 32.9 Å². The number of benzene rings is 3. The highest BCUT2D eigenvalue weighted by Crippen LogP contribution is 2.33. The lowest BCUT2D eigenvalue weighted by Gasteiger charge is -2.15. The highest BCUT2D eigenvalue weighted by Gasteiger charge is 2.23. The van der Waals surface area contributed by atoms with E-state index in [0.717, 1.165) is 25.4 Å². The second kappa shape index (κ2) is 9.05. The maximum atomic E-state index is 12.8. The summed E-state index contributed by atoms with van der Waals surface area (Å²) in [6.45, 7) is 0. The average molecular weight is 476 g/mol. The molecule has 0 amide bonds. The molecule has 0 aliphatic carbocycles. The van der Waals surface area contributed by atoms with E-state index in [1.54, 1.807) is 11.3 Å². The number of hydrogen-bond acceptors (Lipinski definition) is 8. The average Bonchev–Trinajstić information content (AvgIpc) is 3.45. The Bertz CT molecular complexity index is 1390. The van der Waals surface area contributed by atoms with Gasteiger partial charge in [-0.15, -0.1) is 22.7 Å². The van der Waals surface area contributed by atoms with E-state index in [-0.39, 0.29) is 11.3 Å². The van der Waals surface area contributed by atoms with Crippen LogP contribution in [0, 0.1) is 10.1 Å². The Morgan fingerprint density at radius 1 is 0.909 bits per heavy atom. The first-order chi connectivity index (χ1) is 16.1. The van der Waals surface area contributed by atoms with Gasteiger partial charge in [-0.1, -0.05) is 24.3 Å². The summed E-state index contributed by atoms with van der Waals surface area (Å²) in [6.07, 6.45) is 0.600. The highest BCUT2D eigenvalue weighted by molar-refractivity contribution is 7.19. The summed E-state index contributed by atoms with van der Waals surface area (Å²) in [5.74, 6) is -0.543. The Kier molecular flexibility index (Phi) is 5.80. The van der Waals surface area contributed by atoms with Gasteiger partial charge in [0.15, 0.2) is 6.10 Å². The first-order valence-electron chi connectivity index (χ1n) is 10.2. The number of nitro groups is 1. The van der Waals surface area contributed by atoms with Crippen LogP contribution in [0.2, 0.25) is 0 Å². The third-order valence-electron chi connectivity index (χ3n) is 5.11. The molecule has 1 unspecified atom stereocenters. The van der Waals surface area contributed by atoms with Crippen molar-refractivity contribution in [1.29, 1.82) is 0 Å². The number of carbonyl (C=O) groups excluding carboxylic acids is 1. The number of aryl methyl sites for hydroxylation is 1. The topological polar surface area (TPSA) is 95.2 Å². The molecule has 2 heterocycles. The molecule has 3 aromatic carbocycles. The number of esters is 1. The first-order valence-corrected chi connectivity index (χ1v) is 11.9. The standard InChI is InChI=1S/C24H17N3O4S2/c28-24(15-9-11-16(12-10-15)27(29)30)31-19(23-26-18-6-2-4-8-21(18)33-23)13-14-22-25-17-5-1-3-7-20(17)32-22/h1-12,19H,13-14H2. The molecule has 33 heavy (non-hydrogen) atoms. The Morgan fingerprint density at radius 3 is 2.18 bits per heavy atom. The molecular weight excluding hydrogens is 458 g/mol. The van der Waals surface area contributed by atoms with Crippen molar-refractivity contribution in [3.05, 3.63) is 98.5 Å². The second-order valence-corrected chi connectivity index (χ2v) is 9.51. The van der Waals surface area contributed by atoms with Gasteiger partial charge < -0.3 is 4.74 Å². The fourth-order valence-corrected chi connectivity index (χ4v) is 5.47. The van der Waals surface area contributed by atoms with Gasteiger partial charge in [-0.2, -0.15) is 0 Å². The van der Waals surface area contributed by atoms with Gasteiger partial charge in [0.25, 0.3) is 5.69 Å². The molecule has 0 radical (unpaired) electrons. The highest BCUT2D eigenvalue weighted by atomic mass is 32.1. The van der Waals surface area contributed by atoms with Gasteiger partial charge in [0, 0.05) is 18.6 Å². The van der Waals surface area contributed by atoms with Crippen LogP contribution < -0.4 is 0 Å². The summed E-state index contributed by atoms with van der Waals surface area (Å²) in [5, 5.41) is 12.6. The van der Waals surface area contributed by atoms with Crippen LogP contribution >= 0.6 is 22.7 Å². The lowest BCUT2D eigenvalue weighted by atomic mass is 10.2. The second-order valence-electron chi connectivity index (χ2n) is 7.33.